The van der Waals surface area contributed by atoms with Gasteiger partial charge in [-0.05, 0) is 43.2 Å². The predicted molar refractivity (Wildman–Crippen MR) is 96.0 cm³/mol. The maximum Gasteiger partial charge on any atom is 0.223 e. The molecule has 0 saturated heterocycles. The number of halogens is 1. The van der Waals surface area contributed by atoms with Crippen LogP contribution in [0.15, 0.2) is 48.7 Å². The van der Waals surface area contributed by atoms with E-state index in [1.54, 1.807) is 13.3 Å². The van der Waals surface area contributed by atoms with Gasteiger partial charge in [0.2, 0.25) is 5.91 Å². The largest absolute Gasteiger partial charge is 0.385 e. The number of methoxy groups -OCH3 is 1. The molecule has 1 aromatic carbocycles. The molecule has 2 aromatic rings. The Hall–Kier alpha value is -1.91. The number of carbonyl (C=O) groups excluding carboxylic acids is 1. The van der Waals surface area contributed by atoms with Gasteiger partial charge in [-0.25, -0.2) is 0 Å². The molecule has 0 unspecified atom stereocenters. The third-order valence-electron chi connectivity index (χ3n) is 3.87. The van der Waals surface area contributed by atoms with Gasteiger partial charge in [-0.15, -0.1) is 0 Å². The van der Waals surface area contributed by atoms with Crippen LogP contribution in [0.2, 0.25) is 5.02 Å². The summed E-state index contributed by atoms with van der Waals surface area (Å²) in [5.41, 5.74) is 1.85. The summed E-state index contributed by atoms with van der Waals surface area (Å²) in [4.78, 5) is 19.1. The summed E-state index contributed by atoms with van der Waals surface area (Å²) in [5, 5.41) is 0.674. The average Bonchev–Trinajstić information content (AvgIpc) is 2.61. The van der Waals surface area contributed by atoms with E-state index in [9.17, 15) is 4.79 Å². The molecule has 1 heterocycles. The van der Waals surface area contributed by atoms with Gasteiger partial charge in [0.05, 0.1) is 11.7 Å². The van der Waals surface area contributed by atoms with Gasteiger partial charge in [-0.1, -0.05) is 29.8 Å². The van der Waals surface area contributed by atoms with E-state index in [1.165, 1.54) is 0 Å². The molecule has 0 saturated carbocycles. The van der Waals surface area contributed by atoms with E-state index in [-0.39, 0.29) is 11.9 Å². The zero-order chi connectivity index (χ0) is 17.4. The fourth-order valence-corrected chi connectivity index (χ4v) is 2.83. The number of pyridine rings is 1. The van der Waals surface area contributed by atoms with Gasteiger partial charge in [-0.2, -0.15) is 0 Å². The summed E-state index contributed by atoms with van der Waals surface area (Å²) in [5.74, 6) is 0.0974. The third-order valence-corrected chi connectivity index (χ3v) is 4.12. The quantitative estimate of drug-likeness (QED) is 0.676. The maximum atomic E-state index is 12.7. The smallest absolute Gasteiger partial charge is 0.223 e. The van der Waals surface area contributed by atoms with Crippen LogP contribution in [-0.2, 0) is 9.53 Å². The maximum absolute atomic E-state index is 12.7. The second-order valence-corrected chi connectivity index (χ2v) is 5.92. The molecular weight excluding hydrogens is 324 g/mol. The number of ether oxygens (including phenoxy) is 1. The van der Waals surface area contributed by atoms with Gasteiger partial charge >= 0.3 is 0 Å². The SMILES string of the molecule is CCN(C(=O)CCCOC)[C@@H](c1ccc(Cl)cc1)c1ccccn1. The number of aromatic nitrogens is 1. The molecule has 1 atom stereocenters. The third kappa shape index (κ3) is 4.79. The van der Waals surface area contributed by atoms with Crippen LogP contribution >= 0.6 is 11.6 Å². The van der Waals surface area contributed by atoms with E-state index in [4.69, 9.17) is 16.3 Å². The van der Waals surface area contributed by atoms with Gasteiger partial charge in [0.1, 0.15) is 0 Å². The molecule has 0 spiro atoms. The Morgan fingerprint density at radius 1 is 1.25 bits per heavy atom. The topological polar surface area (TPSA) is 42.4 Å². The van der Waals surface area contributed by atoms with Crippen LogP contribution in [0.3, 0.4) is 0 Å². The Labute approximate surface area is 148 Å². The molecule has 24 heavy (non-hydrogen) atoms. The molecule has 2 rings (SSSR count). The van der Waals surface area contributed by atoms with Crippen LogP contribution in [0, 0.1) is 0 Å². The lowest BCUT2D eigenvalue weighted by Gasteiger charge is -2.31. The van der Waals surface area contributed by atoms with Gasteiger partial charge < -0.3 is 9.64 Å². The summed E-state index contributed by atoms with van der Waals surface area (Å²) >= 11 is 6.01. The standard InChI is InChI=1S/C19H23ClN2O2/c1-3-22(18(23)8-6-14-24-2)19(17-7-4-5-13-21-17)15-9-11-16(20)12-10-15/h4-5,7,9-13,19H,3,6,8,14H2,1-2H3/t19-/m0/s1. The van der Waals surface area contributed by atoms with Crippen molar-refractivity contribution in [3.05, 3.63) is 64.9 Å². The van der Waals surface area contributed by atoms with E-state index in [0.717, 1.165) is 11.3 Å². The number of hydrogen-bond donors (Lipinski definition) is 0. The van der Waals surface area contributed by atoms with E-state index < -0.39 is 0 Å². The van der Waals surface area contributed by atoms with Crippen molar-refractivity contribution < 1.29 is 9.53 Å². The minimum absolute atomic E-state index is 0.0974. The average molecular weight is 347 g/mol. The van der Waals surface area contributed by atoms with Gasteiger partial charge in [0, 0.05) is 37.9 Å². The number of hydrogen-bond acceptors (Lipinski definition) is 3. The fraction of sp³-hybridized carbons (Fsp3) is 0.368. The first-order valence-electron chi connectivity index (χ1n) is 8.12. The highest BCUT2D eigenvalue weighted by atomic mass is 35.5. The van der Waals surface area contributed by atoms with Crippen molar-refractivity contribution >= 4 is 17.5 Å². The summed E-state index contributed by atoms with van der Waals surface area (Å²) in [6.45, 7) is 3.17. The number of carbonyl (C=O) groups is 1. The molecular formula is C19H23ClN2O2. The molecule has 0 N–H and O–H groups in total. The molecule has 0 aliphatic carbocycles. The highest BCUT2D eigenvalue weighted by molar-refractivity contribution is 6.30. The number of rotatable bonds is 8. The zero-order valence-corrected chi connectivity index (χ0v) is 14.9. The van der Waals surface area contributed by atoms with Crippen LogP contribution in [0.4, 0.5) is 0 Å². The number of nitrogens with zero attached hydrogens (tertiary/aromatic N) is 2. The summed E-state index contributed by atoms with van der Waals surface area (Å²) in [7, 11) is 1.65. The molecule has 1 amide bonds. The second kappa shape index (κ2) is 9.40. The highest BCUT2D eigenvalue weighted by Crippen LogP contribution is 2.29. The van der Waals surface area contributed by atoms with E-state index in [0.29, 0.717) is 31.0 Å². The molecule has 0 aliphatic heterocycles. The molecule has 128 valence electrons. The van der Waals surface area contributed by atoms with Crippen molar-refractivity contribution in [3.8, 4) is 0 Å². The first-order chi connectivity index (χ1) is 11.7. The van der Waals surface area contributed by atoms with Gasteiger partial charge in [0.25, 0.3) is 0 Å². The van der Waals surface area contributed by atoms with Crippen molar-refractivity contribution in [1.82, 2.24) is 9.88 Å². The monoisotopic (exact) mass is 346 g/mol. The van der Waals surface area contributed by atoms with Crippen molar-refractivity contribution in [3.63, 3.8) is 0 Å². The summed E-state index contributed by atoms with van der Waals surface area (Å²) in [6.07, 6.45) is 2.92. The van der Waals surface area contributed by atoms with Crippen LogP contribution in [-0.4, -0.2) is 36.1 Å². The first kappa shape index (κ1) is 18.4. The molecule has 4 nitrogen and oxygen atoms in total. The molecule has 0 aliphatic rings. The normalized spacial score (nSPS) is 12.0. The van der Waals surface area contributed by atoms with Crippen molar-refractivity contribution in [2.24, 2.45) is 0 Å². The van der Waals surface area contributed by atoms with Crippen LogP contribution < -0.4 is 0 Å². The number of amides is 1. The molecule has 0 bridgehead atoms. The van der Waals surface area contributed by atoms with Crippen molar-refractivity contribution in [2.75, 3.05) is 20.3 Å². The fourth-order valence-electron chi connectivity index (χ4n) is 2.71. The Balaban J connectivity index is 2.33. The van der Waals surface area contributed by atoms with E-state index >= 15 is 0 Å². The van der Waals surface area contributed by atoms with Gasteiger partial charge in [-0.3, -0.25) is 9.78 Å². The zero-order valence-electron chi connectivity index (χ0n) is 14.1. The van der Waals surface area contributed by atoms with Crippen LogP contribution in [0.5, 0.6) is 0 Å². The lowest BCUT2D eigenvalue weighted by Crippen LogP contribution is -2.35. The van der Waals surface area contributed by atoms with E-state index in [2.05, 4.69) is 4.98 Å². The minimum atomic E-state index is -0.219. The minimum Gasteiger partial charge on any atom is -0.385 e. The van der Waals surface area contributed by atoms with Crippen LogP contribution in [0.25, 0.3) is 0 Å². The van der Waals surface area contributed by atoms with E-state index in [1.807, 2.05) is 54.3 Å². The van der Waals surface area contributed by atoms with Crippen LogP contribution in [0.1, 0.15) is 37.1 Å². The number of benzene rings is 1. The molecule has 5 heteroatoms. The predicted octanol–water partition coefficient (Wildman–Crippen LogP) is 4.10. The van der Waals surface area contributed by atoms with Crippen molar-refractivity contribution in [1.29, 1.82) is 0 Å². The lowest BCUT2D eigenvalue weighted by molar-refractivity contribution is -0.133. The Morgan fingerprint density at radius 2 is 2.00 bits per heavy atom. The Bertz CT molecular complexity index is 632. The second-order valence-electron chi connectivity index (χ2n) is 5.48. The highest BCUT2D eigenvalue weighted by Gasteiger charge is 2.26. The Kier molecular flexibility index (Phi) is 7.22. The first-order valence-corrected chi connectivity index (χ1v) is 8.50. The molecule has 0 fully saturated rings. The van der Waals surface area contributed by atoms with Crippen molar-refractivity contribution in [2.45, 2.75) is 25.8 Å². The summed E-state index contributed by atoms with van der Waals surface area (Å²) < 4.78 is 5.05. The molecule has 0 radical (unpaired) electrons. The molecule has 1 aromatic heterocycles. The lowest BCUT2D eigenvalue weighted by atomic mass is 10.0. The van der Waals surface area contributed by atoms with Gasteiger partial charge in [0.15, 0.2) is 0 Å². The Morgan fingerprint density at radius 3 is 2.58 bits per heavy atom. The summed E-state index contributed by atoms with van der Waals surface area (Å²) in [6, 6.07) is 13.1.